The van der Waals surface area contributed by atoms with E-state index in [9.17, 15) is 8.42 Å². The molecule has 0 saturated carbocycles. The Hall–Kier alpha value is -1.18. The first kappa shape index (κ1) is 16.7. The summed E-state index contributed by atoms with van der Waals surface area (Å²) in [6.45, 7) is 3.59. The molecule has 0 bridgehead atoms. The second kappa shape index (κ2) is 7.15. The summed E-state index contributed by atoms with van der Waals surface area (Å²) >= 11 is 0. The molecule has 0 radical (unpaired) electrons. The molecule has 2 aliphatic rings. The van der Waals surface area contributed by atoms with Crippen molar-refractivity contribution in [1.82, 2.24) is 9.29 Å². The fourth-order valence-corrected chi connectivity index (χ4v) is 4.70. The molecule has 0 N–H and O–H groups in total. The van der Waals surface area contributed by atoms with Gasteiger partial charge in [-0.1, -0.05) is 0 Å². The fourth-order valence-electron chi connectivity index (χ4n) is 3.10. The number of pyridine rings is 1. The van der Waals surface area contributed by atoms with E-state index in [0.29, 0.717) is 25.9 Å². The minimum Gasteiger partial charge on any atom is -0.487 e. The summed E-state index contributed by atoms with van der Waals surface area (Å²) in [6, 6.07) is 3.70. The van der Waals surface area contributed by atoms with Crippen LogP contribution in [0.1, 0.15) is 31.4 Å². The Morgan fingerprint density at radius 3 is 3.04 bits per heavy atom. The smallest absolute Gasteiger partial charge is 0.214 e. The maximum absolute atomic E-state index is 12.5. The molecular weight excluding hydrogens is 316 g/mol. The Morgan fingerprint density at radius 1 is 1.43 bits per heavy atom. The molecule has 0 spiro atoms. The van der Waals surface area contributed by atoms with Crippen LogP contribution < -0.4 is 4.74 Å². The minimum absolute atomic E-state index is 0.101. The molecule has 3 heterocycles. The van der Waals surface area contributed by atoms with Gasteiger partial charge in [0.2, 0.25) is 10.0 Å². The lowest BCUT2D eigenvalue weighted by atomic mass is 10.2. The van der Waals surface area contributed by atoms with E-state index in [-0.39, 0.29) is 18.0 Å². The van der Waals surface area contributed by atoms with E-state index >= 15 is 0 Å². The summed E-state index contributed by atoms with van der Waals surface area (Å²) in [4.78, 5) is 4.19. The van der Waals surface area contributed by atoms with Crippen molar-refractivity contribution in [2.24, 2.45) is 0 Å². The Morgan fingerprint density at radius 2 is 2.30 bits per heavy atom. The number of nitrogens with zero attached hydrogens (tertiary/aromatic N) is 2. The standard InChI is InChI=1S/C16H24N2O4S/c1-13-16(5-2-8-17-13)22-15-6-9-18(12-15)23(19,20)11-7-14-4-3-10-21-14/h2,5,8,14-15H,3-4,6-7,9-12H2,1H3. The van der Waals surface area contributed by atoms with Crippen LogP contribution >= 0.6 is 0 Å². The third-order valence-corrected chi connectivity index (χ3v) is 6.35. The molecule has 2 atom stereocenters. The van der Waals surface area contributed by atoms with Gasteiger partial charge in [0, 0.05) is 19.3 Å². The largest absolute Gasteiger partial charge is 0.487 e. The second-order valence-corrected chi connectivity index (χ2v) is 8.30. The Bertz CT molecular complexity index is 629. The van der Waals surface area contributed by atoms with Gasteiger partial charge in [-0.25, -0.2) is 8.42 Å². The van der Waals surface area contributed by atoms with Crippen LogP contribution in [0, 0.1) is 6.92 Å². The van der Waals surface area contributed by atoms with E-state index in [1.165, 1.54) is 0 Å². The SMILES string of the molecule is Cc1ncccc1OC1CCN(S(=O)(=O)CCC2CCCO2)C1. The van der Waals surface area contributed by atoms with Gasteiger partial charge < -0.3 is 9.47 Å². The first-order chi connectivity index (χ1) is 11.0. The molecule has 23 heavy (non-hydrogen) atoms. The molecular formula is C16H24N2O4S. The van der Waals surface area contributed by atoms with Crippen LogP contribution in [0.4, 0.5) is 0 Å². The van der Waals surface area contributed by atoms with Gasteiger partial charge in [-0.3, -0.25) is 4.98 Å². The molecule has 2 aliphatic heterocycles. The monoisotopic (exact) mass is 340 g/mol. The Kier molecular flexibility index (Phi) is 5.18. The van der Waals surface area contributed by atoms with Crippen LogP contribution in [-0.2, 0) is 14.8 Å². The fraction of sp³-hybridized carbons (Fsp3) is 0.688. The lowest BCUT2D eigenvalue weighted by Gasteiger charge is -2.18. The van der Waals surface area contributed by atoms with Gasteiger partial charge in [0.15, 0.2) is 0 Å². The predicted molar refractivity (Wildman–Crippen MR) is 87.0 cm³/mol. The summed E-state index contributed by atoms with van der Waals surface area (Å²) in [5.74, 6) is 0.896. The first-order valence-corrected chi connectivity index (χ1v) is 9.83. The van der Waals surface area contributed by atoms with E-state index in [1.807, 2.05) is 19.1 Å². The molecule has 6 nitrogen and oxygen atoms in total. The van der Waals surface area contributed by atoms with Gasteiger partial charge in [-0.05, 0) is 44.7 Å². The zero-order chi connectivity index (χ0) is 16.3. The molecule has 2 unspecified atom stereocenters. The highest BCUT2D eigenvalue weighted by atomic mass is 32.2. The van der Waals surface area contributed by atoms with Gasteiger partial charge >= 0.3 is 0 Å². The van der Waals surface area contributed by atoms with E-state index in [1.54, 1.807) is 10.5 Å². The first-order valence-electron chi connectivity index (χ1n) is 8.22. The zero-order valence-corrected chi connectivity index (χ0v) is 14.3. The van der Waals surface area contributed by atoms with Crippen molar-refractivity contribution in [2.75, 3.05) is 25.4 Å². The zero-order valence-electron chi connectivity index (χ0n) is 13.5. The minimum atomic E-state index is -3.23. The van der Waals surface area contributed by atoms with Crippen molar-refractivity contribution in [3.8, 4) is 5.75 Å². The van der Waals surface area contributed by atoms with Crippen molar-refractivity contribution in [2.45, 2.75) is 44.8 Å². The van der Waals surface area contributed by atoms with Crippen molar-refractivity contribution in [3.05, 3.63) is 24.0 Å². The summed E-state index contributed by atoms with van der Waals surface area (Å²) in [5, 5.41) is 0. The van der Waals surface area contributed by atoms with Gasteiger partial charge in [-0.15, -0.1) is 0 Å². The Balaban J connectivity index is 1.53. The normalized spacial score (nSPS) is 25.8. The van der Waals surface area contributed by atoms with Gasteiger partial charge in [0.1, 0.15) is 11.9 Å². The molecule has 7 heteroatoms. The topological polar surface area (TPSA) is 68.7 Å². The van der Waals surface area contributed by atoms with Gasteiger partial charge in [0.05, 0.1) is 24.1 Å². The highest BCUT2D eigenvalue weighted by Gasteiger charge is 2.33. The molecule has 1 aromatic heterocycles. The molecule has 2 saturated heterocycles. The van der Waals surface area contributed by atoms with Crippen molar-refractivity contribution in [1.29, 1.82) is 0 Å². The number of ether oxygens (including phenoxy) is 2. The van der Waals surface area contributed by atoms with E-state index in [2.05, 4.69) is 4.98 Å². The molecule has 0 amide bonds. The maximum atomic E-state index is 12.5. The highest BCUT2D eigenvalue weighted by molar-refractivity contribution is 7.89. The van der Waals surface area contributed by atoms with Gasteiger partial charge in [-0.2, -0.15) is 4.31 Å². The molecule has 1 aromatic rings. The lowest BCUT2D eigenvalue weighted by molar-refractivity contribution is 0.108. The second-order valence-electron chi connectivity index (χ2n) is 6.21. The van der Waals surface area contributed by atoms with Crippen LogP contribution in [-0.4, -0.2) is 55.4 Å². The van der Waals surface area contributed by atoms with Gasteiger partial charge in [0.25, 0.3) is 0 Å². The number of rotatable bonds is 6. The quantitative estimate of drug-likeness (QED) is 0.789. The van der Waals surface area contributed by atoms with Crippen LogP contribution in [0.25, 0.3) is 0 Å². The average Bonchev–Trinajstić information content (AvgIpc) is 3.19. The predicted octanol–water partition coefficient (Wildman–Crippen LogP) is 1.74. The summed E-state index contributed by atoms with van der Waals surface area (Å²) < 4.78 is 37.9. The Labute approximate surface area is 137 Å². The number of hydrogen-bond acceptors (Lipinski definition) is 5. The van der Waals surface area contributed by atoms with Crippen molar-refractivity contribution >= 4 is 10.0 Å². The third kappa shape index (κ3) is 4.22. The van der Waals surface area contributed by atoms with Crippen LogP contribution in [0.5, 0.6) is 5.75 Å². The van der Waals surface area contributed by atoms with Crippen molar-refractivity contribution in [3.63, 3.8) is 0 Å². The number of hydrogen-bond donors (Lipinski definition) is 0. The summed E-state index contributed by atoms with van der Waals surface area (Å²) in [7, 11) is -3.23. The van der Waals surface area contributed by atoms with Crippen LogP contribution in [0.2, 0.25) is 0 Å². The van der Waals surface area contributed by atoms with E-state index in [4.69, 9.17) is 9.47 Å². The van der Waals surface area contributed by atoms with E-state index < -0.39 is 10.0 Å². The number of aromatic nitrogens is 1. The molecule has 3 rings (SSSR count). The summed E-state index contributed by atoms with van der Waals surface area (Å²) in [6.07, 6.45) is 5.04. The van der Waals surface area contributed by atoms with Crippen LogP contribution in [0.15, 0.2) is 18.3 Å². The third-order valence-electron chi connectivity index (χ3n) is 4.47. The lowest BCUT2D eigenvalue weighted by Crippen LogP contribution is -2.33. The molecule has 0 aromatic carbocycles. The van der Waals surface area contributed by atoms with Crippen molar-refractivity contribution < 1.29 is 17.9 Å². The number of sulfonamides is 1. The highest BCUT2D eigenvalue weighted by Crippen LogP contribution is 2.23. The number of aryl methyl sites for hydroxylation is 1. The van der Waals surface area contributed by atoms with Crippen LogP contribution in [0.3, 0.4) is 0 Å². The average molecular weight is 340 g/mol. The molecule has 0 aliphatic carbocycles. The molecule has 128 valence electrons. The maximum Gasteiger partial charge on any atom is 0.214 e. The van der Waals surface area contributed by atoms with E-state index in [0.717, 1.165) is 30.9 Å². The summed E-state index contributed by atoms with van der Waals surface area (Å²) in [5.41, 5.74) is 0.826. The molecule has 2 fully saturated rings.